The summed E-state index contributed by atoms with van der Waals surface area (Å²) in [4.78, 5) is 13.2. The number of nitrogens with zero attached hydrogens (tertiary/aromatic N) is 1. The molecule has 2 unspecified atom stereocenters. The van der Waals surface area contributed by atoms with Gasteiger partial charge in [0.25, 0.3) is 0 Å². The highest BCUT2D eigenvalue weighted by Crippen LogP contribution is 2.36. The van der Waals surface area contributed by atoms with Gasteiger partial charge in [0, 0.05) is 19.2 Å². The van der Waals surface area contributed by atoms with Gasteiger partial charge in [-0.2, -0.15) is 0 Å². The fourth-order valence-electron chi connectivity index (χ4n) is 2.89. The zero-order valence-electron chi connectivity index (χ0n) is 12.8. The fraction of sp³-hybridized carbons (Fsp3) is 0.562. The van der Waals surface area contributed by atoms with Crippen molar-refractivity contribution >= 4 is 11.7 Å². The monoisotopic (exact) mass is 293 g/mol. The number of anilines is 1. The molecule has 5 nitrogen and oxygen atoms in total. The average molecular weight is 293 g/mol. The second-order valence-electron chi connectivity index (χ2n) is 5.61. The molecule has 0 bridgehead atoms. The van der Waals surface area contributed by atoms with Crippen LogP contribution in [0.5, 0.6) is 11.5 Å². The zero-order valence-corrected chi connectivity index (χ0v) is 12.8. The lowest BCUT2D eigenvalue weighted by molar-refractivity contribution is -0.141. The van der Waals surface area contributed by atoms with E-state index in [9.17, 15) is 4.79 Å². The molecule has 1 heterocycles. The van der Waals surface area contributed by atoms with Crippen LogP contribution in [-0.4, -0.2) is 38.4 Å². The van der Waals surface area contributed by atoms with Crippen LogP contribution in [0.4, 0.5) is 5.69 Å². The molecule has 0 spiro atoms. The smallest absolute Gasteiger partial charge is 0.306 e. The van der Waals surface area contributed by atoms with Crippen LogP contribution in [0.15, 0.2) is 18.2 Å². The average Bonchev–Trinajstić information content (AvgIpc) is 2.94. The molecule has 116 valence electrons. The van der Waals surface area contributed by atoms with E-state index in [0.717, 1.165) is 43.1 Å². The third kappa shape index (κ3) is 3.60. The molecule has 1 saturated heterocycles. The lowest BCUT2D eigenvalue weighted by Crippen LogP contribution is -2.22. The summed E-state index contributed by atoms with van der Waals surface area (Å²) >= 11 is 0. The minimum Gasteiger partial charge on any atom is -0.497 e. The number of benzene rings is 1. The van der Waals surface area contributed by atoms with Crippen LogP contribution in [0.25, 0.3) is 0 Å². The molecule has 1 N–H and O–H groups in total. The highest BCUT2D eigenvalue weighted by Gasteiger charge is 2.27. The van der Waals surface area contributed by atoms with E-state index < -0.39 is 5.97 Å². The Morgan fingerprint density at radius 2 is 2.19 bits per heavy atom. The molecule has 2 rings (SSSR count). The first-order valence-corrected chi connectivity index (χ1v) is 7.25. The second-order valence-corrected chi connectivity index (χ2v) is 5.61. The molecular weight excluding hydrogens is 270 g/mol. The van der Waals surface area contributed by atoms with Gasteiger partial charge < -0.3 is 19.5 Å². The summed E-state index contributed by atoms with van der Waals surface area (Å²) in [5, 5.41) is 9.02. The van der Waals surface area contributed by atoms with E-state index in [2.05, 4.69) is 4.90 Å². The third-order valence-electron chi connectivity index (χ3n) is 4.12. The maximum absolute atomic E-state index is 11.0. The summed E-state index contributed by atoms with van der Waals surface area (Å²) in [6.45, 7) is 3.58. The van der Waals surface area contributed by atoms with E-state index in [1.807, 2.05) is 18.2 Å². The van der Waals surface area contributed by atoms with Crippen molar-refractivity contribution in [3.63, 3.8) is 0 Å². The van der Waals surface area contributed by atoms with Crippen LogP contribution in [0.2, 0.25) is 0 Å². The minimum atomic E-state index is -0.713. The van der Waals surface area contributed by atoms with Crippen LogP contribution in [0, 0.1) is 11.8 Å². The Morgan fingerprint density at radius 3 is 2.81 bits per heavy atom. The molecule has 0 radical (unpaired) electrons. The highest BCUT2D eigenvalue weighted by atomic mass is 16.5. The Morgan fingerprint density at radius 1 is 1.43 bits per heavy atom. The first-order chi connectivity index (χ1) is 10.0. The Balaban J connectivity index is 2.05. The predicted octanol–water partition coefficient (Wildman–Crippen LogP) is 2.64. The largest absolute Gasteiger partial charge is 0.497 e. The summed E-state index contributed by atoms with van der Waals surface area (Å²) in [5.74, 6) is 0.984. The molecule has 21 heavy (non-hydrogen) atoms. The summed E-state index contributed by atoms with van der Waals surface area (Å²) in [5.41, 5.74) is 1.05. The number of aliphatic carboxylic acids is 1. The lowest BCUT2D eigenvalue weighted by atomic mass is 9.95. The molecule has 1 fully saturated rings. The molecule has 1 aromatic rings. The molecule has 1 aliphatic heterocycles. The summed E-state index contributed by atoms with van der Waals surface area (Å²) in [6, 6.07) is 5.80. The summed E-state index contributed by atoms with van der Waals surface area (Å²) in [6.07, 6.45) is 1.75. The van der Waals surface area contributed by atoms with Crippen LogP contribution >= 0.6 is 0 Å². The maximum atomic E-state index is 11.0. The van der Waals surface area contributed by atoms with Crippen LogP contribution in [0.1, 0.15) is 19.8 Å². The van der Waals surface area contributed by atoms with E-state index in [4.69, 9.17) is 14.6 Å². The van der Waals surface area contributed by atoms with Crippen molar-refractivity contribution in [2.45, 2.75) is 19.8 Å². The molecule has 0 saturated carbocycles. The SMILES string of the molecule is COc1ccc(N2CCC(CC(C)C(=O)O)C2)c(OC)c1. The van der Waals surface area contributed by atoms with Crippen molar-refractivity contribution in [2.24, 2.45) is 11.8 Å². The van der Waals surface area contributed by atoms with E-state index >= 15 is 0 Å². The van der Waals surface area contributed by atoms with Gasteiger partial charge in [0.05, 0.1) is 25.8 Å². The number of methoxy groups -OCH3 is 2. The topological polar surface area (TPSA) is 59.0 Å². The lowest BCUT2D eigenvalue weighted by Gasteiger charge is -2.22. The number of carbonyl (C=O) groups is 1. The summed E-state index contributed by atoms with van der Waals surface area (Å²) < 4.78 is 10.6. The van der Waals surface area contributed by atoms with Crippen molar-refractivity contribution in [1.29, 1.82) is 0 Å². The van der Waals surface area contributed by atoms with Gasteiger partial charge in [-0.1, -0.05) is 6.92 Å². The van der Waals surface area contributed by atoms with Crippen molar-refractivity contribution in [1.82, 2.24) is 0 Å². The van der Waals surface area contributed by atoms with Crippen molar-refractivity contribution in [3.8, 4) is 11.5 Å². The van der Waals surface area contributed by atoms with Gasteiger partial charge in [-0.15, -0.1) is 0 Å². The van der Waals surface area contributed by atoms with E-state index in [-0.39, 0.29) is 5.92 Å². The Kier molecular flexibility index (Phi) is 4.94. The first-order valence-electron chi connectivity index (χ1n) is 7.25. The van der Waals surface area contributed by atoms with Gasteiger partial charge in [-0.25, -0.2) is 0 Å². The van der Waals surface area contributed by atoms with Gasteiger partial charge in [-0.05, 0) is 30.9 Å². The van der Waals surface area contributed by atoms with Gasteiger partial charge in [0.2, 0.25) is 0 Å². The van der Waals surface area contributed by atoms with E-state index in [1.165, 1.54) is 0 Å². The highest BCUT2D eigenvalue weighted by molar-refractivity contribution is 5.69. The number of carboxylic acids is 1. The fourth-order valence-corrected chi connectivity index (χ4v) is 2.89. The van der Waals surface area contributed by atoms with Gasteiger partial charge in [0.1, 0.15) is 11.5 Å². The molecule has 2 atom stereocenters. The molecule has 1 aromatic carbocycles. The number of ether oxygens (including phenoxy) is 2. The van der Waals surface area contributed by atoms with Gasteiger partial charge in [0.15, 0.2) is 0 Å². The molecule has 0 aromatic heterocycles. The van der Waals surface area contributed by atoms with Crippen LogP contribution < -0.4 is 14.4 Å². The quantitative estimate of drug-likeness (QED) is 0.873. The van der Waals surface area contributed by atoms with Gasteiger partial charge in [-0.3, -0.25) is 4.79 Å². The standard InChI is InChI=1S/C16H23NO4/c1-11(16(18)19)8-12-6-7-17(10-12)14-5-4-13(20-2)9-15(14)21-3/h4-5,9,11-12H,6-8,10H2,1-3H3,(H,18,19). The Bertz CT molecular complexity index is 503. The van der Waals surface area contributed by atoms with Crippen LogP contribution in [0.3, 0.4) is 0 Å². The van der Waals surface area contributed by atoms with Crippen molar-refractivity contribution in [2.75, 3.05) is 32.2 Å². The minimum absolute atomic E-state index is 0.285. The zero-order chi connectivity index (χ0) is 15.4. The molecule has 5 heteroatoms. The first kappa shape index (κ1) is 15.5. The van der Waals surface area contributed by atoms with Crippen molar-refractivity contribution < 1.29 is 19.4 Å². The molecular formula is C16H23NO4. The van der Waals surface area contributed by atoms with Gasteiger partial charge >= 0.3 is 5.97 Å². The number of hydrogen-bond donors (Lipinski definition) is 1. The number of rotatable bonds is 6. The number of hydrogen-bond acceptors (Lipinski definition) is 4. The molecule has 1 aliphatic rings. The maximum Gasteiger partial charge on any atom is 0.306 e. The molecule has 0 amide bonds. The Hall–Kier alpha value is -1.91. The summed E-state index contributed by atoms with van der Waals surface area (Å²) in [7, 11) is 3.28. The number of carboxylic acid groups (broad SMARTS) is 1. The second kappa shape index (κ2) is 6.70. The van der Waals surface area contributed by atoms with Crippen molar-refractivity contribution in [3.05, 3.63) is 18.2 Å². The van der Waals surface area contributed by atoms with E-state index in [0.29, 0.717) is 5.92 Å². The van der Waals surface area contributed by atoms with E-state index in [1.54, 1.807) is 21.1 Å². The van der Waals surface area contributed by atoms with Crippen LogP contribution in [-0.2, 0) is 4.79 Å². The molecule has 0 aliphatic carbocycles. The predicted molar refractivity (Wildman–Crippen MR) is 81.3 cm³/mol. The Labute approximate surface area is 125 Å². The third-order valence-corrected chi connectivity index (χ3v) is 4.12. The normalized spacial score (nSPS) is 19.4.